The standard InChI is InChI=1S/C35H29ClN2O4S/c1-42-30-15-13-29(14-16-30)38(24-25-8-4-2-5-9-25)43(40,41)31-17-18-33(36)32(23-31)35(39)37-21-20-28-22-27(12-19-34(28)37)26-10-6-3-7-11-26/h2-19,22-23H,20-21,24H2,1H3. The van der Waals surface area contributed by atoms with Crippen LogP contribution in [0, 0.1) is 0 Å². The van der Waals surface area contributed by atoms with Crippen LogP contribution in [0.2, 0.25) is 5.02 Å². The third-order valence-electron chi connectivity index (χ3n) is 7.61. The minimum absolute atomic E-state index is 0.0224. The van der Waals surface area contributed by atoms with Gasteiger partial charge in [-0.2, -0.15) is 0 Å². The first kappa shape index (κ1) is 28.5. The predicted octanol–water partition coefficient (Wildman–Crippen LogP) is 7.61. The molecule has 216 valence electrons. The third-order valence-corrected chi connectivity index (χ3v) is 9.71. The molecule has 8 heteroatoms. The number of anilines is 2. The fourth-order valence-corrected chi connectivity index (χ4v) is 7.01. The molecular formula is C35H29ClN2O4S. The highest BCUT2D eigenvalue weighted by atomic mass is 35.5. The maximum atomic E-state index is 14.2. The summed E-state index contributed by atoms with van der Waals surface area (Å²) in [6, 6.07) is 36.6. The van der Waals surface area contributed by atoms with E-state index in [0.29, 0.717) is 24.4 Å². The van der Waals surface area contributed by atoms with Crippen LogP contribution in [0.25, 0.3) is 11.1 Å². The van der Waals surface area contributed by atoms with Crippen molar-refractivity contribution in [3.63, 3.8) is 0 Å². The average molecular weight is 609 g/mol. The van der Waals surface area contributed by atoms with E-state index in [0.717, 1.165) is 27.9 Å². The Bertz CT molecular complexity index is 1880. The largest absolute Gasteiger partial charge is 0.497 e. The van der Waals surface area contributed by atoms with E-state index < -0.39 is 10.0 Å². The zero-order chi connectivity index (χ0) is 30.0. The Labute approximate surface area is 256 Å². The number of hydrogen-bond donors (Lipinski definition) is 0. The Morgan fingerprint density at radius 3 is 2.23 bits per heavy atom. The molecule has 0 aromatic heterocycles. The van der Waals surface area contributed by atoms with Crippen LogP contribution >= 0.6 is 11.6 Å². The second kappa shape index (κ2) is 12.0. The van der Waals surface area contributed by atoms with E-state index in [9.17, 15) is 13.2 Å². The van der Waals surface area contributed by atoms with Gasteiger partial charge in [0.05, 0.1) is 34.8 Å². The fraction of sp³-hybridized carbons (Fsp3) is 0.114. The lowest BCUT2D eigenvalue weighted by Gasteiger charge is -2.25. The van der Waals surface area contributed by atoms with Crippen molar-refractivity contribution in [2.75, 3.05) is 22.9 Å². The second-order valence-electron chi connectivity index (χ2n) is 10.3. The quantitative estimate of drug-likeness (QED) is 0.182. The van der Waals surface area contributed by atoms with E-state index in [1.165, 1.54) is 22.5 Å². The Kier molecular flexibility index (Phi) is 7.93. The van der Waals surface area contributed by atoms with E-state index in [1.54, 1.807) is 36.3 Å². The lowest BCUT2D eigenvalue weighted by Crippen LogP contribution is -2.32. The fourth-order valence-electron chi connectivity index (χ4n) is 5.34. The van der Waals surface area contributed by atoms with Gasteiger partial charge in [0.2, 0.25) is 0 Å². The SMILES string of the molecule is COc1ccc(N(Cc2ccccc2)S(=O)(=O)c2ccc(Cl)c(C(=O)N3CCc4cc(-c5ccccc5)ccc43)c2)cc1. The predicted molar refractivity (Wildman–Crippen MR) is 172 cm³/mol. The monoisotopic (exact) mass is 608 g/mol. The van der Waals surface area contributed by atoms with Crippen LogP contribution in [0.4, 0.5) is 11.4 Å². The molecule has 1 aliphatic rings. The summed E-state index contributed by atoms with van der Waals surface area (Å²) < 4.78 is 35.0. The molecule has 1 amide bonds. The number of methoxy groups -OCH3 is 1. The van der Waals surface area contributed by atoms with Crippen molar-refractivity contribution in [1.82, 2.24) is 0 Å². The second-order valence-corrected chi connectivity index (χ2v) is 12.5. The Hall–Kier alpha value is -4.59. The van der Waals surface area contributed by atoms with Gasteiger partial charge >= 0.3 is 0 Å². The van der Waals surface area contributed by atoms with Crippen molar-refractivity contribution < 1.29 is 17.9 Å². The topological polar surface area (TPSA) is 66.9 Å². The van der Waals surface area contributed by atoms with Crippen molar-refractivity contribution in [2.45, 2.75) is 17.9 Å². The number of hydrogen-bond acceptors (Lipinski definition) is 4. The number of carbonyl (C=O) groups is 1. The molecule has 0 fully saturated rings. The third kappa shape index (κ3) is 5.74. The summed E-state index contributed by atoms with van der Waals surface area (Å²) in [5, 5.41) is 0.192. The maximum Gasteiger partial charge on any atom is 0.264 e. The number of sulfonamides is 1. The summed E-state index contributed by atoms with van der Waals surface area (Å²) in [6.07, 6.45) is 0.694. The number of carbonyl (C=O) groups excluding carboxylic acids is 1. The molecule has 0 unspecified atom stereocenters. The Morgan fingerprint density at radius 1 is 0.837 bits per heavy atom. The van der Waals surface area contributed by atoms with Crippen molar-refractivity contribution in [2.24, 2.45) is 0 Å². The number of nitrogens with zero attached hydrogens (tertiary/aromatic N) is 2. The molecule has 1 heterocycles. The van der Waals surface area contributed by atoms with Crippen LogP contribution < -0.4 is 13.9 Å². The van der Waals surface area contributed by atoms with Gasteiger partial charge in [0.15, 0.2) is 0 Å². The molecule has 0 saturated carbocycles. The lowest BCUT2D eigenvalue weighted by atomic mass is 10.0. The minimum atomic E-state index is -4.10. The highest BCUT2D eigenvalue weighted by molar-refractivity contribution is 7.92. The van der Waals surface area contributed by atoms with Crippen LogP contribution in [0.15, 0.2) is 126 Å². The molecule has 0 spiro atoms. The number of ether oxygens (including phenoxy) is 1. The van der Waals surface area contributed by atoms with Gasteiger partial charge in [-0.25, -0.2) is 8.42 Å². The van der Waals surface area contributed by atoms with Crippen LogP contribution in [-0.4, -0.2) is 28.0 Å². The van der Waals surface area contributed by atoms with Gasteiger partial charge in [-0.3, -0.25) is 9.10 Å². The van der Waals surface area contributed by atoms with Crippen LogP contribution in [0.1, 0.15) is 21.5 Å². The summed E-state index contributed by atoms with van der Waals surface area (Å²) >= 11 is 6.54. The van der Waals surface area contributed by atoms with E-state index in [2.05, 4.69) is 18.2 Å². The van der Waals surface area contributed by atoms with E-state index >= 15 is 0 Å². The summed E-state index contributed by atoms with van der Waals surface area (Å²) in [5.41, 5.74) is 5.47. The molecule has 43 heavy (non-hydrogen) atoms. The van der Waals surface area contributed by atoms with E-state index in [1.807, 2.05) is 60.7 Å². The van der Waals surface area contributed by atoms with Crippen LogP contribution in [0.3, 0.4) is 0 Å². The number of rotatable bonds is 8. The lowest BCUT2D eigenvalue weighted by molar-refractivity contribution is 0.0989. The molecule has 1 aliphatic heterocycles. The average Bonchev–Trinajstić information content (AvgIpc) is 3.48. The zero-order valence-electron chi connectivity index (χ0n) is 23.5. The van der Waals surface area contributed by atoms with E-state index in [4.69, 9.17) is 16.3 Å². The molecule has 0 bridgehead atoms. The summed E-state index contributed by atoms with van der Waals surface area (Å²) in [5.74, 6) is 0.272. The zero-order valence-corrected chi connectivity index (χ0v) is 25.1. The minimum Gasteiger partial charge on any atom is -0.497 e. The normalized spacial score (nSPS) is 12.6. The molecule has 5 aromatic carbocycles. The summed E-state index contributed by atoms with van der Waals surface area (Å²) in [4.78, 5) is 15.5. The van der Waals surface area contributed by atoms with E-state index in [-0.39, 0.29) is 27.9 Å². The molecule has 6 nitrogen and oxygen atoms in total. The van der Waals surface area contributed by atoms with Gasteiger partial charge in [0.1, 0.15) is 5.75 Å². The molecule has 0 atom stereocenters. The molecule has 0 saturated heterocycles. The van der Waals surface area contributed by atoms with Gasteiger partial charge in [-0.1, -0.05) is 78.3 Å². The highest BCUT2D eigenvalue weighted by Gasteiger charge is 2.31. The molecular weight excluding hydrogens is 580 g/mol. The first-order valence-corrected chi connectivity index (χ1v) is 15.7. The Balaban J connectivity index is 1.34. The van der Waals surface area contributed by atoms with Gasteiger partial charge in [-0.15, -0.1) is 0 Å². The first-order chi connectivity index (χ1) is 20.8. The van der Waals surface area contributed by atoms with Gasteiger partial charge in [-0.05, 0) is 83.3 Å². The van der Waals surface area contributed by atoms with Gasteiger partial charge < -0.3 is 9.64 Å². The number of benzene rings is 5. The highest BCUT2D eigenvalue weighted by Crippen LogP contribution is 2.35. The molecule has 5 aromatic rings. The number of amides is 1. The molecule has 0 aliphatic carbocycles. The maximum absolute atomic E-state index is 14.2. The van der Waals surface area contributed by atoms with Crippen molar-refractivity contribution in [3.05, 3.63) is 143 Å². The van der Waals surface area contributed by atoms with Crippen molar-refractivity contribution >= 4 is 38.9 Å². The number of fused-ring (bicyclic) bond motifs is 1. The summed E-state index contributed by atoms with van der Waals surface area (Å²) in [7, 11) is -2.55. The Morgan fingerprint density at radius 2 is 1.53 bits per heavy atom. The molecule has 0 radical (unpaired) electrons. The van der Waals surface area contributed by atoms with Crippen LogP contribution in [0.5, 0.6) is 5.75 Å². The van der Waals surface area contributed by atoms with Gasteiger partial charge in [0.25, 0.3) is 15.9 Å². The molecule has 6 rings (SSSR count). The smallest absolute Gasteiger partial charge is 0.264 e. The van der Waals surface area contributed by atoms with Gasteiger partial charge in [0, 0.05) is 12.2 Å². The summed E-state index contributed by atoms with van der Waals surface area (Å²) in [6.45, 7) is 0.580. The number of halogens is 1. The molecule has 0 N–H and O–H groups in total. The first-order valence-electron chi connectivity index (χ1n) is 13.9. The van der Waals surface area contributed by atoms with Crippen molar-refractivity contribution in [1.29, 1.82) is 0 Å². The van der Waals surface area contributed by atoms with Crippen molar-refractivity contribution in [3.8, 4) is 16.9 Å². The van der Waals surface area contributed by atoms with Crippen LogP contribution in [-0.2, 0) is 23.0 Å².